The Kier molecular flexibility index (Phi) is 4.88. The zero-order valence-electron chi connectivity index (χ0n) is 11.5. The van der Waals surface area contributed by atoms with E-state index in [4.69, 9.17) is 5.11 Å². The van der Waals surface area contributed by atoms with Gasteiger partial charge in [-0.05, 0) is 30.5 Å². The van der Waals surface area contributed by atoms with Crippen molar-refractivity contribution in [3.8, 4) is 0 Å². The van der Waals surface area contributed by atoms with Crippen molar-refractivity contribution < 1.29 is 23.5 Å². The summed E-state index contributed by atoms with van der Waals surface area (Å²) in [7, 11) is 0. The van der Waals surface area contributed by atoms with E-state index >= 15 is 0 Å². The summed E-state index contributed by atoms with van der Waals surface area (Å²) in [6, 6.07) is 3.21. The second-order valence-corrected chi connectivity index (χ2v) is 5.28. The van der Waals surface area contributed by atoms with Gasteiger partial charge in [0.15, 0.2) is 11.6 Å². The van der Waals surface area contributed by atoms with Gasteiger partial charge in [0.25, 0.3) is 0 Å². The monoisotopic (exact) mass is 297 g/mol. The third-order valence-electron chi connectivity index (χ3n) is 3.73. The third kappa shape index (κ3) is 4.00. The van der Waals surface area contributed by atoms with Crippen LogP contribution < -0.4 is 0 Å². The lowest BCUT2D eigenvalue weighted by molar-refractivity contribution is -0.145. The van der Waals surface area contributed by atoms with Crippen LogP contribution in [0.5, 0.6) is 0 Å². The number of benzene rings is 1. The van der Waals surface area contributed by atoms with Gasteiger partial charge in [0, 0.05) is 6.04 Å². The van der Waals surface area contributed by atoms with Crippen LogP contribution >= 0.6 is 0 Å². The van der Waals surface area contributed by atoms with Crippen molar-refractivity contribution in [2.24, 2.45) is 0 Å². The van der Waals surface area contributed by atoms with E-state index in [1.54, 1.807) is 0 Å². The number of carbonyl (C=O) groups is 2. The third-order valence-corrected chi connectivity index (χ3v) is 3.73. The van der Waals surface area contributed by atoms with Crippen LogP contribution in [0, 0.1) is 11.6 Å². The van der Waals surface area contributed by atoms with Crippen LogP contribution in [0.15, 0.2) is 18.2 Å². The normalized spacial score (nSPS) is 15.1. The van der Waals surface area contributed by atoms with Crippen LogP contribution in [0.1, 0.15) is 31.2 Å². The molecule has 1 aliphatic carbocycles. The van der Waals surface area contributed by atoms with E-state index in [-0.39, 0.29) is 24.9 Å². The standard InChI is InChI=1S/C15H17F2NO3/c16-12-6-5-10(7-13(12)17)8-14(19)18(9-15(20)21)11-3-1-2-4-11/h5-7,11H,1-4,8-9H2,(H,20,21). The van der Waals surface area contributed by atoms with Crippen LogP contribution in [0.4, 0.5) is 8.78 Å². The summed E-state index contributed by atoms with van der Waals surface area (Å²) in [5, 5.41) is 8.94. The largest absolute Gasteiger partial charge is 0.480 e. The summed E-state index contributed by atoms with van der Waals surface area (Å²) < 4.78 is 26.0. The summed E-state index contributed by atoms with van der Waals surface area (Å²) >= 11 is 0. The molecule has 1 aliphatic rings. The molecule has 1 fully saturated rings. The van der Waals surface area contributed by atoms with E-state index in [1.165, 1.54) is 11.0 Å². The Morgan fingerprint density at radius 2 is 1.86 bits per heavy atom. The summed E-state index contributed by atoms with van der Waals surface area (Å²) in [6.45, 7) is -0.354. The van der Waals surface area contributed by atoms with Crippen molar-refractivity contribution in [1.29, 1.82) is 0 Å². The molecule has 0 bridgehead atoms. The average Bonchev–Trinajstić information content (AvgIpc) is 2.93. The highest BCUT2D eigenvalue weighted by atomic mass is 19.2. The van der Waals surface area contributed by atoms with Crippen molar-refractivity contribution in [2.75, 3.05) is 6.54 Å². The van der Waals surface area contributed by atoms with E-state index in [1.807, 2.05) is 0 Å². The molecule has 1 aromatic carbocycles. The van der Waals surface area contributed by atoms with Gasteiger partial charge in [-0.15, -0.1) is 0 Å². The fraction of sp³-hybridized carbons (Fsp3) is 0.467. The topological polar surface area (TPSA) is 57.6 Å². The lowest BCUT2D eigenvalue weighted by Crippen LogP contribution is -2.43. The summed E-state index contributed by atoms with van der Waals surface area (Å²) in [5.74, 6) is -3.41. The molecular weight excluding hydrogens is 280 g/mol. The summed E-state index contributed by atoms with van der Waals surface area (Å²) in [4.78, 5) is 24.5. The summed E-state index contributed by atoms with van der Waals surface area (Å²) in [5.41, 5.74) is 0.340. The number of carbonyl (C=O) groups excluding carboxylic acids is 1. The van der Waals surface area contributed by atoms with E-state index in [2.05, 4.69) is 0 Å². The number of hydrogen-bond acceptors (Lipinski definition) is 2. The van der Waals surface area contributed by atoms with Crippen molar-refractivity contribution in [2.45, 2.75) is 38.1 Å². The average molecular weight is 297 g/mol. The van der Waals surface area contributed by atoms with Crippen LogP contribution in [0.3, 0.4) is 0 Å². The zero-order valence-corrected chi connectivity index (χ0v) is 11.5. The Morgan fingerprint density at radius 1 is 1.19 bits per heavy atom. The highest BCUT2D eigenvalue weighted by molar-refractivity contribution is 5.83. The quantitative estimate of drug-likeness (QED) is 0.907. The number of aliphatic carboxylic acids is 1. The zero-order chi connectivity index (χ0) is 15.4. The Morgan fingerprint density at radius 3 is 2.43 bits per heavy atom. The molecule has 0 atom stereocenters. The lowest BCUT2D eigenvalue weighted by Gasteiger charge is -2.27. The maximum absolute atomic E-state index is 13.1. The van der Waals surface area contributed by atoms with E-state index in [9.17, 15) is 18.4 Å². The second-order valence-electron chi connectivity index (χ2n) is 5.28. The molecule has 0 aliphatic heterocycles. The predicted octanol–water partition coefficient (Wildman–Crippen LogP) is 2.36. The molecule has 6 heteroatoms. The van der Waals surface area contributed by atoms with Crippen LogP contribution in [0.2, 0.25) is 0 Å². The van der Waals surface area contributed by atoms with Crippen molar-refractivity contribution in [3.05, 3.63) is 35.4 Å². The number of nitrogens with zero attached hydrogens (tertiary/aromatic N) is 1. The van der Waals surface area contributed by atoms with Gasteiger partial charge in [-0.1, -0.05) is 18.9 Å². The highest BCUT2D eigenvalue weighted by Gasteiger charge is 2.28. The molecule has 114 valence electrons. The molecular formula is C15H17F2NO3. The van der Waals surface area contributed by atoms with Crippen LogP contribution in [-0.2, 0) is 16.0 Å². The molecule has 2 rings (SSSR count). The number of carboxylic acids is 1. The molecule has 1 aromatic rings. The van der Waals surface area contributed by atoms with Gasteiger partial charge in [-0.25, -0.2) is 8.78 Å². The van der Waals surface area contributed by atoms with Gasteiger partial charge in [0.2, 0.25) is 5.91 Å². The van der Waals surface area contributed by atoms with E-state index in [0.29, 0.717) is 5.56 Å². The number of hydrogen-bond donors (Lipinski definition) is 1. The van der Waals surface area contributed by atoms with Crippen molar-refractivity contribution >= 4 is 11.9 Å². The highest BCUT2D eigenvalue weighted by Crippen LogP contribution is 2.24. The first-order valence-corrected chi connectivity index (χ1v) is 6.92. The maximum atomic E-state index is 13.1. The number of carboxylic acid groups (broad SMARTS) is 1. The predicted molar refractivity (Wildman–Crippen MR) is 71.7 cm³/mol. The number of rotatable bonds is 5. The van der Waals surface area contributed by atoms with Crippen molar-refractivity contribution in [1.82, 2.24) is 4.90 Å². The van der Waals surface area contributed by atoms with Crippen LogP contribution in [-0.4, -0.2) is 34.5 Å². The van der Waals surface area contributed by atoms with Crippen molar-refractivity contribution in [3.63, 3.8) is 0 Å². The minimum absolute atomic E-state index is 0.0705. The van der Waals surface area contributed by atoms with Gasteiger partial charge in [0.05, 0.1) is 6.42 Å². The first-order valence-electron chi connectivity index (χ1n) is 6.92. The van der Waals surface area contributed by atoms with Gasteiger partial charge in [0.1, 0.15) is 6.54 Å². The molecule has 0 spiro atoms. The maximum Gasteiger partial charge on any atom is 0.323 e. The molecule has 4 nitrogen and oxygen atoms in total. The molecule has 1 N–H and O–H groups in total. The number of amides is 1. The van der Waals surface area contributed by atoms with E-state index < -0.39 is 17.6 Å². The molecule has 0 aromatic heterocycles. The molecule has 21 heavy (non-hydrogen) atoms. The molecule has 0 radical (unpaired) electrons. The summed E-state index contributed by atoms with van der Waals surface area (Å²) in [6.07, 6.45) is 3.40. The first kappa shape index (κ1) is 15.4. The Labute approximate surface area is 121 Å². The minimum Gasteiger partial charge on any atom is -0.480 e. The smallest absolute Gasteiger partial charge is 0.323 e. The number of halogens is 2. The van der Waals surface area contributed by atoms with Gasteiger partial charge >= 0.3 is 5.97 Å². The molecule has 0 saturated heterocycles. The molecule has 0 unspecified atom stereocenters. The fourth-order valence-electron chi connectivity index (χ4n) is 2.71. The SMILES string of the molecule is O=C(O)CN(C(=O)Cc1ccc(F)c(F)c1)C1CCCC1. The van der Waals surface area contributed by atoms with E-state index in [0.717, 1.165) is 37.8 Å². The van der Waals surface area contributed by atoms with Gasteiger partial charge < -0.3 is 10.0 Å². The minimum atomic E-state index is -1.07. The second kappa shape index (κ2) is 6.65. The molecule has 0 heterocycles. The molecule has 1 amide bonds. The Hall–Kier alpha value is -1.98. The lowest BCUT2D eigenvalue weighted by atomic mass is 10.1. The van der Waals surface area contributed by atoms with Gasteiger partial charge in [-0.3, -0.25) is 9.59 Å². The first-order chi connectivity index (χ1) is 9.97. The Bertz CT molecular complexity index is 542. The Balaban J connectivity index is 2.09. The van der Waals surface area contributed by atoms with Gasteiger partial charge in [-0.2, -0.15) is 0 Å². The fourth-order valence-corrected chi connectivity index (χ4v) is 2.71. The van der Waals surface area contributed by atoms with Crippen LogP contribution in [0.25, 0.3) is 0 Å². The molecule has 1 saturated carbocycles.